The van der Waals surface area contributed by atoms with Gasteiger partial charge in [-0.05, 0) is 82.6 Å². The van der Waals surface area contributed by atoms with Crippen LogP contribution in [0.4, 0.5) is 4.39 Å². The fraction of sp³-hybridized carbons (Fsp3) is 0.345. The van der Waals surface area contributed by atoms with Gasteiger partial charge < -0.3 is 0 Å². The second-order valence-corrected chi connectivity index (χ2v) is 8.31. The quantitative estimate of drug-likeness (QED) is 0.297. The SMILES string of the molecule is CC.CCC(F)P.CCC=CCC1CC=c2cc3ccccc3cc2=C1c1ccccn1. The number of alkyl halides is 1. The Labute approximate surface area is 195 Å². The van der Waals surface area contributed by atoms with E-state index in [0.29, 0.717) is 12.3 Å². The first-order chi connectivity index (χ1) is 15.6. The fourth-order valence-electron chi connectivity index (χ4n) is 3.78. The smallest absolute Gasteiger partial charge is 0.113 e. The normalized spacial score (nSPS) is 15.7. The first-order valence-corrected chi connectivity index (χ1v) is 12.5. The molecule has 1 heterocycles. The van der Waals surface area contributed by atoms with Crippen LogP contribution in [-0.2, 0) is 0 Å². The van der Waals surface area contributed by atoms with Crippen molar-refractivity contribution in [3.8, 4) is 0 Å². The summed E-state index contributed by atoms with van der Waals surface area (Å²) in [6, 6.07) is 19.5. The molecule has 0 saturated carbocycles. The molecule has 1 aliphatic carbocycles. The van der Waals surface area contributed by atoms with E-state index in [4.69, 9.17) is 0 Å². The Morgan fingerprint density at radius 3 is 2.28 bits per heavy atom. The number of allylic oxidation sites excluding steroid dienone is 2. The summed E-state index contributed by atoms with van der Waals surface area (Å²) in [5, 5.41) is 5.30. The molecule has 170 valence electrons. The van der Waals surface area contributed by atoms with Gasteiger partial charge in [0.15, 0.2) is 0 Å². The van der Waals surface area contributed by atoms with Gasteiger partial charge in [-0.2, -0.15) is 0 Å². The van der Waals surface area contributed by atoms with Crippen LogP contribution in [-0.4, -0.2) is 10.9 Å². The average molecular weight is 450 g/mol. The molecule has 0 aliphatic heterocycles. The van der Waals surface area contributed by atoms with Gasteiger partial charge in [0.25, 0.3) is 0 Å². The molecule has 3 heteroatoms. The molecule has 0 N–H and O–H groups in total. The third-order valence-electron chi connectivity index (χ3n) is 5.39. The van der Waals surface area contributed by atoms with Gasteiger partial charge in [0.1, 0.15) is 5.91 Å². The Kier molecular flexibility index (Phi) is 11.3. The summed E-state index contributed by atoms with van der Waals surface area (Å²) < 4.78 is 11.4. The summed E-state index contributed by atoms with van der Waals surface area (Å²) in [5.74, 6) is -0.207. The number of fused-ring (bicyclic) bond motifs is 2. The molecule has 3 unspecified atom stereocenters. The maximum absolute atomic E-state index is 11.4. The van der Waals surface area contributed by atoms with Gasteiger partial charge in [0.2, 0.25) is 0 Å². The Bertz CT molecular complexity index is 1100. The van der Waals surface area contributed by atoms with Crippen LogP contribution in [0.5, 0.6) is 0 Å². The summed E-state index contributed by atoms with van der Waals surface area (Å²) >= 11 is 0. The zero-order valence-electron chi connectivity index (χ0n) is 19.9. The molecule has 0 radical (unpaired) electrons. The molecule has 2 aromatic carbocycles. The van der Waals surface area contributed by atoms with Crippen molar-refractivity contribution in [1.82, 2.24) is 4.98 Å². The molecule has 0 fully saturated rings. The number of hydrogen-bond acceptors (Lipinski definition) is 1. The highest BCUT2D eigenvalue weighted by Crippen LogP contribution is 2.28. The van der Waals surface area contributed by atoms with Crippen LogP contribution < -0.4 is 10.4 Å². The molecule has 4 rings (SSSR count). The van der Waals surface area contributed by atoms with E-state index in [9.17, 15) is 4.39 Å². The van der Waals surface area contributed by atoms with E-state index in [1.807, 2.05) is 26.1 Å². The van der Waals surface area contributed by atoms with Crippen LogP contribution in [0.25, 0.3) is 22.4 Å². The van der Waals surface area contributed by atoms with Crippen LogP contribution in [0.1, 0.15) is 59.1 Å². The predicted octanol–water partition coefficient (Wildman–Crippen LogP) is 7.18. The number of aromatic nitrogens is 1. The van der Waals surface area contributed by atoms with Gasteiger partial charge in [-0.15, -0.1) is 9.24 Å². The number of benzene rings is 2. The van der Waals surface area contributed by atoms with Gasteiger partial charge in [0.05, 0.1) is 5.69 Å². The van der Waals surface area contributed by atoms with Gasteiger partial charge in [-0.25, -0.2) is 4.39 Å². The first kappa shape index (κ1) is 25.9. The van der Waals surface area contributed by atoms with Crippen molar-refractivity contribution < 1.29 is 4.39 Å². The Balaban J connectivity index is 0.000000460. The topological polar surface area (TPSA) is 12.9 Å². The average Bonchev–Trinajstić information content (AvgIpc) is 2.85. The molecule has 0 spiro atoms. The molecule has 32 heavy (non-hydrogen) atoms. The zero-order chi connectivity index (χ0) is 23.3. The lowest BCUT2D eigenvalue weighted by atomic mass is 9.83. The summed E-state index contributed by atoms with van der Waals surface area (Å²) in [4.78, 5) is 4.68. The molecule has 3 atom stereocenters. The minimum atomic E-state index is -0.699. The van der Waals surface area contributed by atoms with Crippen molar-refractivity contribution >= 4 is 31.7 Å². The van der Waals surface area contributed by atoms with E-state index in [0.717, 1.165) is 25.0 Å². The van der Waals surface area contributed by atoms with E-state index >= 15 is 0 Å². The second kappa shape index (κ2) is 14.0. The van der Waals surface area contributed by atoms with Crippen molar-refractivity contribution in [3.05, 3.63) is 89.1 Å². The minimum Gasteiger partial charge on any atom is -0.257 e. The lowest BCUT2D eigenvalue weighted by molar-refractivity contribution is 0.442. The molecule has 3 aromatic rings. The van der Waals surface area contributed by atoms with Crippen molar-refractivity contribution in [2.45, 2.75) is 59.3 Å². The summed E-state index contributed by atoms with van der Waals surface area (Å²) in [5.41, 5.74) is 2.51. The van der Waals surface area contributed by atoms with Crippen molar-refractivity contribution in [1.29, 1.82) is 0 Å². The van der Waals surface area contributed by atoms with Gasteiger partial charge >= 0.3 is 0 Å². The molecular formula is C29H37FNP. The van der Waals surface area contributed by atoms with Crippen molar-refractivity contribution in [2.24, 2.45) is 5.92 Å². The zero-order valence-corrected chi connectivity index (χ0v) is 21.0. The lowest BCUT2D eigenvalue weighted by Crippen LogP contribution is -2.33. The number of pyridine rings is 1. The standard InChI is InChI=1S/C24H23N.C3H8FP.C2H6/c1-2-3-4-9-18-13-14-21-16-19-10-5-6-11-20(19)17-22(21)24(18)23-12-7-8-15-25-23;1-2-3(4)5;1-2/h3-8,10-12,14-18H,2,9,13H2,1H3;3H,2,5H2,1H3;1-2H3. The minimum absolute atomic E-state index is 0.492. The third-order valence-corrected chi connectivity index (χ3v) is 5.86. The van der Waals surface area contributed by atoms with Crippen molar-refractivity contribution in [3.63, 3.8) is 0 Å². The van der Waals surface area contributed by atoms with Gasteiger partial charge in [-0.3, -0.25) is 4.98 Å². The number of nitrogens with zero attached hydrogens (tertiary/aromatic N) is 1. The van der Waals surface area contributed by atoms with E-state index in [2.05, 4.69) is 87.9 Å². The number of hydrogen-bond donors (Lipinski definition) is 0. The highest BCUT2D eigenvalue weighted by molar-refractivity contribution is 7.17. The van der Waals surface area contributed by atoms with Crippen LogP contribution in [0.3, 0.4) is 0 Å². The van der Waals surface area contributed by atoms with E-state index in [1.54, 1.807) is 6.92 Å². The van der Waals surface area contributed by atoms with E-state index < -0.39 is 5.91 Å². The van der Waals surface area contributed by atoms with E-state index in [1.165, 1.54) is 26.8 Å². The summed E-state index contributed by atoms with van der Waals surface area (Å²) in [6.07, 6.45) is 12.7. The van der Waals surface area contributed by atoms with Crippen LogP contribution in [0.15, 0.2) is 72.9 Å². The Morgan fingerprint density at radius 2 is 1.69 bits per heavy atom. The summed E-state index contributed by atoms with van der Waals surface area (Å²) in [6.45, 7) is 7.99. The number of halogens is 1. The highest BCUT2D eigenvalue weighted by atomic mass is 31.0. The van der Waals surface area contributed by atoms with Gasteiger partial charge in [0, 0.05) is 6.20 Å². The third kappa shape index (κ3) is 7.10. The molecule has 1 aromatic heterocycles. The Hall–Kier alpha value is -2.31. The molecule has 0 saturated heterocycles. The lowest BCUT2D eigenvalue weighted by Gasteiger charge is -2.21. The molecule has 1 nitrogen and oxygen atoms in total. The van der Waals surface area contributed by atoms with Crippen LogP contribution in [0.2, 0.25) is 0 Å². The monoisotopic (exact) mass is 449 g/mol. The second-order valence-electron chi connectivity index (χ2n) is 7.59. The van der Waals surface area contributed by atoms with Crippen molar-refractivity contribution in [2.75, 3.05) is 0 Å². The molecule has 1 aliphatic rings. The van der Waals surface area contributed by atoms with Crippen LogP contribution >= 0.6 is 9.24 Å². The molecule has 0 bridgehead atoms. The summed E-state index contributed by atoms with van der Waals surface area (Å²) in [7, 11) is 2.07. The van der Waals surface area contributed by atoms with Gasteiger partial charge in [-0.1, -0.05) is 76.3 Å². The molecule has 0 amide bonds. The van der Waals surface area contributed by atoms with Crippen LogP contribution in [0, 0.1) is 5.92 Å². The number of rotatable bonds is 5. The highest BCUT2D eigenvalue weighted by Gasteiger charge is 2.19. The largest absolute Gasteiger partial charge is 0.257 e. The maximum atomic E-state index is 11.4. The fourth-order valence-corrected chi connectivity index (χ4v) is 3.78. The maximum Gasteiger partial charge on any atom is 0.113 e. The first-order valence-electron chi connectivity index (χ1n) is 11.8. The predicted molar refractivity (Wildman–Crippen MR) is 143 cm³/mol. The van der Waals surface area contributed by atoms with E-state index in [-0.39, 0.29) is 0 Å². The Morgan fingerprint density at radius 1 is 1.03 bits per heavy atom. The molecular weight excluding hydrogens is 412 g/mol.